The number of imidazole rings is 1. The molecule has 1 aromatic heterocycles. The van der Waals surface area contributed by atoms with Crippen LogP contribution in [0.5, 0.6) is 0 Å². The number of anilines is 1. The van der Waals surface area contributed by atoms with E-state index < -0.39 is 11.7 Å². The van der Waals surface area contributed by atoms with Gasteiger partial charge in [0.25, 0.3) is 0 Å². The van der Waals surface area contributed by atoms with E-state index in [1.165, 1.54) is 12.1 Å². The minimum atomic E-state index is -4.31. The number of alkyl halides is 3. The normalized spacial score (nSPS) is 11.6. The van der Waals surface area contributed by atoms with Crippen LogP contribution in [0.1, 0.15) is 24.5 Å². The van der Waals surface area contributed by atoms with Gasteiger partial charge in [-0.3, -0.25) is 0 Å². The van der Waals surface area contributed by atoms with E-state index in [0.29, 0.717) is 18.1 Å². The van der Waals surface area contributed by atoms with E-state index in [2.05, 4.69) is 10.3 Å². The van der Waals surface area contributed by atoms with Crippen LogP contribution >= 0.6 is 0 Å². The summed E-state index contributed by atoms with van der Waals surface area (Å²) in [5.41, 5.74) is -0.0319. The zero-order valence-corrected chi connectivity index (χ0v) is 11.1. The highest BCUT2D eigenvalue weighted by Gasteiger charge is 2.30. The number of halogens is 3. The smallest absolute Gasteiger partial charge is 0.356 e. The predicted octanol–water partition coefficient (Wildman–Crippen LogP) is 3.77. The molecule has 3 nitrogen and oxygen atoms in total. The van der Waals surface area contributed by atoms with Crippen molar-refractivity contribution in [2.24, 2.45) is 0 Å². The van der Waals surface area contributed by atoms with Gasteiger partial charge in [-0.05, 0) is 24.1 Å². The Bertz CT molecular complexity index is 561. The first-order valence-electron chi connectivity index (χ1n) is 6.42. The number of benzene rings is 1. The van der Waals surface area contributed by atoms with E-state index >= 15 is 0 Å². The molecule has 0 bridgehead atoms. The van der Waals surface area contributed by atoms with Crippen LogP contribution in [0, 0.1) is 0 Å². The Labute approximate surface area is 115 Å². The highest BCUT2D eigenvalue weighted by molar-refractivity contribution is 5.30. The summed E-state index contributed by atoms with van der Waals surface area (Å²) in [7, 11) is 0. The lowest BCUT2D eigenvalue weighted by Crippen LogP contribution is -2.10. The van der Waals surface area contributed by atoms with E-state index in [0.717, 1.165) is 19.0 Å². The first-order chi connectivity index (χ1) is 9.50. The summed E-state index contributed by atoms with van der Waals surface area (Å²) >= 11 is 0. The van der Waals surface area contributed by atoms with Gasteiger partial charge in [-0.25, -0.2) is 4.98 Å². The van der Waals surface area contributed by atoms with Crippen LogP contribution in [-0.4, -0.2) is 16.1 Å². The standard InChI is InChI=1S/C14H16F3N3/c1-2-6-18-13-19-7-8-20(13)10-11-4-3-5-12(9-11)14(15,16)17/h3-5,7-9H,2,6,10H2,1H3,(H,18,19). The van der Waals surface area contributed by atoms with Crippen molar-refractivity contribution in [3.63, 3.8) is 0 Å². The average molecular weight is 283 g/mol. The molecule has 2 aromatic rings. The number of rotatable bonds is 5. The van der Waals surface area contributed by atoms with Crippen molar-refractivity contribution < 1.29 is 13.2 Å². The lowest BCUT2D eigenvalue weighted by atomic mass is 10.1. The molecule has 2 rings (SSSR count). The van der Waals surface area contributed by atoms with E-state index in [1.54, 1.807) is 23.0 Å². The summed E-state index contributed by atoms with van der Waals surface area (Å²) < 4.78 is 39.8. The Morgan fingerprint density at radius 3 is 2.80 bits per heavy atom. The van der Waals surface area contributed by atoms with Crippen LogP contribution in [0.2, 0.25) is 0 Å². The van der Waals surface area contributed by atoms with Crippen molar-refractivity contribution in [1.29, 1.82) is 0 Å². The van der Waals surface area contributed by atoms with E-state index in [-0.39, 0.29) is 0 Å². The predicted molar refractivity (Wildman–Crippen MR) is 71.6 cm³/mol. The van der Waals surface area contributed by atoms with Crippen molar-refractivity contribution in [2.45, 2.75) is 26.1 Å². The van der Waals surface area contributed by atoms with Crippen LogP contribution in [0.3, 0.4) is 0 Å². The molecule has 20 heavy (non-hydrogen) atoms. The van der Waals surface area contributed by atoms with E-state index in [9.17, 15) is 13.2 Å². The fourth-order valence-corrected chi connectivity index (χ4v) is 1.88. The molecule has 0 saturated carbocycles. The van der Waals surface area contributed by atoms with Crippen LogP contribution in [-0.2, 0) is 12.7 Å². The third-order valence-electron chi connectivity index (χ3n) is 2.86. The number of hydrogen-bond donors (Lipinski definition) is 1. The summed E-state index contributed by atoms with van der Waals surface area (Å²) in [5, 5.41) is 3.14. The summed E-state index contributed by atoms with van der Waals surface area (Å²) in [6.45, 7) is 3.17. The Balaban J connectivity index is 2.16. The van der Waals surface area contributed by atoms with Crippen LogP contribution in [0.15, 0.2) is 36.7 Å². The molecule has 0 aliphatic heterocycles. The van der Waals surface area contributed by atoms with Crippen molar-refractivity contribution >= 4 is 5.95 Å². The molecule has 0 amide bonds. The molecule has 0 saturated heterocycles. The highest BCUT2D eigenvalue weighted by atomic mass is 19.4. The molecular formula is C14H16F3N3. The molecule has 0 aliphatic carbocycles. The van der Waals surface area contributed by atoms with Crippen molar-refractivity contribution in [1.82, 2.24) is 9.55 Å². The lowest BCUT2D eigenvalue weighted by molar-refractivity contribution is -0.137. The van der Waals surface area contributed by atoms with E-state index in [1.807, 2.05) is 6.92 Å². The zero-order chi connectivity index (χ0) is 14.6. The maximum atomic E-state index is 12.7. The van der Waals surface area contributed by atoms with Crippen LogP contribution in [0.25, 0.3) is 0 Å². The largest absolute Gasteiger partial charge is 0.416 e. The first-order valence-corrected chi connectivity index (χ1v) is 6.42. The van der Waals surface area contributed by atoms with Crippen molar-refractivity contribution in [2.75, 3.05) is 11.9 Å². The van der Waals surface area contributed by atoms with Crippen molar-refractivity contribution in [3.05, 3.63) is 47.8 Å². The number of nitrogens with zero attached hydrogens (tertiary/aromatic N) is 2. The molecule has 0 aliphatic rings. The van der Waals surface area contributed by atoms with E-state index in [4.69, 9.17) is 0 Å². The van der Waals surface area contributed by atoms with Gasteiger partial charge in [-0.15, -0.1) is 0 Å². The molecule has 108 valence electrons. The second kappa shape index (κ2) is 5.98. The van der Waals surface area contributed by atoms with Gasteiger partial charge in [-0.2, -0.15) is 13.2 Å². The summed E-state index contributed by atoms with van der Waals surface area (Å²) in [5.74, 6) is 0.671. The minimum absolute atomic E-state index is 0.357. The molecule has 1 N–H and O–H groups in total. The summed E-state index contributed by atoms with van der Waals surface area (Å²) in [6, 6.07) is 5.35. The fraction of sp³-hybridized carbons (Fsp3) is 0.357. The first kappa shape index (κ1) is 14.4. The monoisotopic (exact) mass is 283 g/mol. The Hall–Kier alpha value is -1.98. The Morgan fingerprint density at radius 2 is 2.10 bits per heavy atom. The third-order valence-corrected chi connectivity index (χ3v) is 2.86. The van der Waals surface area contributed by atoms with Gasteiger partial charge in [0.05, 0.1) is 12.1 Å². The van der Waals surface area contributed by atoms with Gasteiger partial charge >= 0.3 is 6.18 Å². The molecule has 1 heterocycles. The highest BCUT2D eigenvalue weighted by Crippen LogP contribution is 2.29. The maximum Gasteiger partial charge on any atom is 0.416 e. The van der Waals surface area contributed by atoms with Gasteiger partial charge in [0.2, 0.25) is 5.95 Å². The molecule has 0 unspecified atom stereocenters. The fourth-order valence-electron chi connectivity index (χ4n) is 1.88. The van der Waals surface area contributed by atoms with Gasteiger partial charge < -0.3 is 9.88 Å². The Kier molecular flexibility index (Phi) is 4.32. The number of hydrogen-bond acceptors (Lipinski definition) is 2. The quantitative estimate of drug-likeness (QED) is 0.905. The zero-order valence-electron chi connectivity index (χ0n) is 11.1. The second-order valence-electron chi connectivity index (χ2n) is 4.50. The third kappa shape index (κ3) is 3.53. The van der Waals surface area contributed by atoms with Gasteiger partial charge in [-0.1, -0.05) is 19.1 Å². The minimum Gasteiger partial charge on any atom is -0.356 e. The van der Waals surface area contributed by atoms with Gasteiger partial charge in [0, 0.05) is 18.9 Å². The van der Waals surface area contributed by atoms with Gasteiger partial charge in [0.1, 0.15) is 0 Å². The summed E-state index contributed by atoms with van der Waals surface area (Å²) in [4.78, 5) is 4.15. The van der Waals surface area contributed by atoms with Gasteiger partial charge in [0.15, 0.2) is 0 Å². The van der Waals surface area contributed by atoms with Crippen LogP contribution in [0.4, 0.5) is 19.1 Å². The molecule has 0 fully saturated rings. The average Bonchev–Trinajstić information content (AvgIpc) is 2.83. The molecule has 6 heteroatoms. The number of nitrogens with one attached hydrogen (secondary N) is 1. The SMILES string of the molecule is CCCNc1nccn1Cc1cccc(C(F)(F)F)c1. The second-order valence-corrected chi connectivity index (χ2v) is 4.50. The van der Waals surface area contributed by atoms with Crippen molar-refractivity contribution in [3.8, 4) is 0 Å². The lowest BCUT2D eigenvalue weighted by Gasteiger charge is -2.11. The van der Waals surface area contributed by atoms with Crippen LogP contribution < -0.4 is 5.32 Å². The molecule has 1 aromatic carbocycles. The molecule has 0 spiro atoms. The molecule has 0 radical (unpaired) electrons. The topological polar surface area (TPSA) is 29.9 Å². The summed E-state index contributed by atoms with van der Waals surface area (Å²) in [6.07, 6.45) is 0.0223. The Morgan fingerprint density at radius 1 is 1.30 bits per heavy atom. The molecule has 0 atom stereocenters. The molecular weight excluding hydrogens is 267 g/mol. The number of aromatic nitrogens is 2. The maximum absolute atomic E-state index is 12.7.